The summed E-state index contributed by atoms with van der Waals surface area (Å²) in [6.07, 6.45) is 3.60. The Bertz CT molecular complexity index is 1270. The maximum absolute atomic E-state index is 12.7. The molecule has 0 saturated carbocycles. The van der Waals surface area contributed by atoms with Crippen LogP contribution in [0.5, 0.6) is 0 Å². The van der Waals surface area contributed by atoms with Gasteiger partial charge in [-0.25, -0.2) is 15.0 Å². The molecule has 1 aromatic carbocycles. The molecule has 0 aliphatic rings. The number of fused-ring (bicyclic) bond motifs is 1. The van der Waals surface area contributed by atoms with E-state index in [0.717, 1.165) is 39.0 Å². The third-order valence-electron chi connectivity index (χ3n) is 5.05. The van der Waals surface area contributed by atoms with Gasteiger partial charge >= 0.3 is 0 Å². The molecule has 0 unspecified atom stereocenters. The minimum Gasteiger partial charge on any atom is -0.384 e. The number of halogens is 1. The van der Waals surface area contributed by atoms with Crippen molar-refractivity contribution < 1.29 is 4.79 Å². The number of nitrogens with two attached hydrogens (primary N) is 1. The van der Waals surface area contributed by atoms with E-state index in [9.17, 15) is 4.79 Å². The van der Waals surface area contributed by atoms with Crippen LogP contribution in [0.25, 0.3) is 10.9 Å². The highest BCUT2D eigenvalue weighted by Gasteiger charge is 2.12. The number of hydrogen-bond donors (Lipinski definition) is 2. The van der Waals surface area contributed by atoms with Crippen LogP contribution in [0.15, 0.2) is 48.9 Å². The molecule has 0 bridgehead atoms. The first-order valence-electron chi connectivity index (χ1n) is 9.75. The van der Waals surface area contributed by atoms with Gasteiger partial charge in [-0.2, -0.15) is 0 Å². The Hall–Kier alpha value is -3.58. The van der Waals surface area contributed by atoms with Gasteiger partial charge in [0, 0.05) is 35.9 Å². The maximum Gasteiger partial charge on any atom is 0.270 e. The Kier molecular flexibility index (Phi) is 5.77. The number of nitrogens with one attached hydrogen (secondary N) is 1. The van der Waals surface area contributed by atoms with Gasteiger partial charge in [0.05, 0.1) is 10.5 Å². The van der Waals surface area contributed by atoms with E-state index >= 15 is 0 Å². The summed E-state index contributed by atoms with van der Waals surface area (Å²) in [5.74, 6) is 0.200. The summed E-state index contributed by atoms with van der Waals surface area (Å²) in [5.41, 5.74) is 11.5. The smallest absolute Gasteiger partial charge is 0.270 e. The minimum absolute atomic E-state index is 0.270. The largest absolute Gasteiger partial charge is 0.384 e. The number of aromatic nitrogens is 4. The Morgan fingerprint density at radius 1 is 1.10 bits per heavy atom. The number of nitrogen functional groups attached to an aromatic ring is 1. The van der Waals surface area contributed by atoms with E-state index < -0.39 is 0 Å². The molecule has 0 aliphatic heterocycles. The first-order valence-corrected chi connectivity index (χ1v) is 10.1. The Morgan fingerprint density at radius 2 is 1.94 bits per heavy atom. The van der Waals surface area contributed by atoms with Crippen LogP contribution in [0, 0.1) is 13.8 Å². The SMILES string of the molecule is Cc1cc(N)nc(C)c1CNC(=O)c1cc(Cc2ccc3ncc(Cl)cc3c2)ncn1. The average molecular weight is 433 g/mol. The molecule has 3 aromatic heterocycles. The highest BCUT2D eigenvalue weighted by atomic mass is 35.5. The van der Waals surface area contributed by atoms with Crippen molar-refractivity contribution in [3.63, 3.8) is 0 Å². The van der Waals surface area contributed by atoms with E-state index in [0.29, 0.717) is 29.5 Å². The molecule has 4 aromatic rings. The second kappa shape index (κ2) is 8.65. The molecule has 4 rings (SSSR count). The first kappa shape index (κ1) is 20.7. The molecule has 3 heterocycles. The number of nitrogens with zero attached hydrogens (tertiary/aromatic N) is 4. The summed E-state index contributed by atoms with van der Waals surface area (Å²) in [4.78, 5) is 29.7. The molecule has 0 radical (unpaired) electrons. The lowest BCUT2D eigenvalue weighted by Gasteiger charge is -2.11. The van der Waals surface area contributed by atoms with E-state index in [1.54, 1.807) is 18.3 Å². The number of benzene rings is 1. The van der Waals surface area contributed by atoms with Crippen LogP contribution in [0.2, 0.25) is 5.02 Å². The van der Waals surface area contributed by atoms with Gasteiger partial charge in [-0.05, 0) is 60.9 Å². The van der Waals surface area contributed by atoms with Crippen molar-refractivity contribution in [2.45, 2.75) is 26.8 Å². The zero-order chi connectivity index (χ0) is 22.0. The fourth-order valence-electron chi connectivity index (χ4n) is 3.51. The highest BCUT2D eigenvalue weighted by molar-refractivity contribution is 6.31. The number of aryl methyl sites for hydroxylation is 2. The van der Waals surface area contributed by atoms with Crippen molar-refractivity contribution in [3.8, 4) is 0 Å². The molecule has 0 fully saturated rings. The lowest BCUT2D eigenvalue weighted by atomic mass is 10.1. The number of carbonyl (C=O) groups excluding carboxylic acids is 1. The van der Waals surface area contributed by atoms with Crippen molar-refractivity contribution in [3.05, 3.63) is 87.7 Å². The van der Waals surface area contributed by atoms with Crippen molar-refractivity contribution in [1.29, 1.82) is 0 Å². The standard InChI is InChI=1S/C23H21ClN6O/c1-13-5-22(25)30-14(2)19(13)11-27-23(31)21-9-18(28-12-29-21)7-15-3-4-20-16(6-15)8-17(24)10-26-20/h3-6,8-10,12H,7,11H2,1-2H3,(H2,25,30)(H,27,31). The van der Waals surface area contributed by atoms with E-state index in [1.165, 1.54) is 6.33 Å². The summed E-state index contributed by atoms with van der Waals surface area (Å²) in [5, 5.41) is 4.45. The van der Waals surface area contributed by atoms with Crippen LogP contribution >= 0.6 is 11.6 Å². The molecule has 0 spiro atoms. The van der Waals surface area contributed by atoms with E-state index in [4.69, 9.17) is 17.3 Å². The molecular weight excluding hydrogens is 412 g/mol. The number of anilines is 1. The molecule has 7 nitrogen and oxygen atoms in total. The van der Waals surface area contributed by atoms with Gasteiger partial charge in [0.15, 0.2) is 0 Å². The summed E-state index contributed by atoms with van der Waals surface area (Å²) in [6, 6.07) is 11.3. The van der Waals surface area contributed by atoms with Gasteiger partial charge < -0.3 is 11.1 Å². The number of hydrogen-bond acceptors (Lipinski definition) is 6. The molecule has 0 aliphatic carbocycles. The second-order valence-corrected chi connectivity index (χ2v) is 7.80. The van der Waals surface area contributed by atoms with E-state index in [1.807, 2.05) is 38.1 Å². The predicted octanol–water partition coefficient (Wildman–Crippen LogP) is 3.79. The predicted molar refractivity (Wildman–Crippen MR) is 121 cm³/mol. The minimum atomic E-state index is -0.270. The third-order valence-corrected chi connectivity index (χ3v) is 5.26. The third kappa shape index (κ3) is 4.78. The van der Waals surface area contributed by atoms with Crippen LogP contribution in [0.1, 0.15) is 38.6 Å². The van der Waals surface area contributed by atoms with E-state index in [-0.39, 0.29) is 5.91 Å². The monoisotopic (exact) mass is 432 g/mol. The van der Waals surface area contributed by atoms with E-state index in [2.05, 4.69) is 25.3 Å². The quantitative estimate of drug-likeness (QED) is 0.496. The average Bonchev–Trinajstić information content (AvgIpc) is 2.72. The molecule has 1 amide bonds. The first-order chi connectivity index (χ1) is 14.9. The van der Waals surface area contributed by atoms with Gasteiger partial charge in [-0.1, -0.05) is 17.7 Å². The zero-order valence-corrected chi connectivity index (χ0v) is 17.9. The number of rotatable bonds is 5. The molecule has 31 heavy (non-hydrogen) atoms. The van der Waals surface area contributed by atoms with Crippen LogP contribution in [0.3, 0.4) is 0 Å². The van der Waals surface area contributed by atoms with Gasteiger partial charge in [-0.3, -0.25) is 9.78 Å². The van der Waals surface area contributed by atoms with Crippen molar-refractivity contribution in [2.24, 2.45) is 0 Å². The molecule has 3 N–H and O–H groups in total. The molecule has 8 heteroatoms. The van der Waals surface area contributed by atoms with Crippen LogP contribution < -0.4 is 11.1 Å². The number of pyridine rings is 2. The summed E-state index contributed by atoms with van der Waals surface area (Å²) >= 11 is 6.05. The fourth-order valence-corrected chi connectivity index (χ4v) is 3.67. The van der Waals surface area contributed by atoms with Gasteiger partial charge in [0.1, 0.15) is 17.8 Å². The summed E-state index contributed by atoms with van der Waals surface area (Å²) < 4.78 is 0. The lowest BCUT2D eigenvalue weighted by Crippen LogP contribution is -2.25. The normalized spacial score (nSPS) is 10.9. The van der Waals surface area contributed by atoms with Gasteiger partial charge in [0.2, 0.25) is 0 Å². The Labute approximate surface area is 184 Å². The van der Waals surface area contributed by atoms with Crippen LogP contribution in [0.4, 0.5) is 5.82 Å². The lowest BCUT2D eigenvalue weighted by molar-refractivity contribution is 0.0945. The number of carbonyl (C=O) groups is 1. The van der Waals surface area contributed by atoms with Crippen molar-refractivity contribution >= 4 is 34.2 Å². The highest BCUT2D eigenvalue weighted by Crippen LogP contribution is 2.20. The summed E-state index contributed by atoms with van der Waals surface area (Å²) in [7, 11) is 0. The molecule has 0 atom stereocenters. The van der Waals surface area contributed by atoms with Crippen LogP contribution in [-0.4, -0.2) is 25.8 Å². The molecule has 156 valence electrons. The fraction of sp³-hybridized carbons (Fsp3) is 0.174. The molecule has 0 saturated heterocycles. The molecular formula is C23H21ClN6O. The van der Waals surface area contributed by atoms with Gasteiger partial charge in [0.25, 0.3) is 5.91 Å². The second-order valence-electron chi connectivity index (χ2n) is 7.36. The Morgan fingerprint density at radius 3 is 2.74 bits per heavy atom. The maximum atomic E-state index is 12.7. The topological polar surface area (TPSA) is 107 Å². The summed E-state index contributed by atoms with van der Waals surface area (Å²) in [6.45, 7) is 4.17. The van der Waals surface area contributed by atoms with Gasteiger partial charge in [-0.15, -0.1) is 0 Å². The van der Waals surface area contributed by atoms with Crippen molar-refractivity contribution in [2.75, 3.05) is 5.73 Å². The Balaban J connectivity index is 1.48. The van der Waals surface area contributed by atoms with Crippen molar-refractivity contribution in [1.82, 2.24) is 25.3 Å². The van der Waals surface area contributed by atoms with Crippen LogP contribution in [-0.2, 0) is 13.0 Å². The zero-order valence-electron chi connectivity index (χ0n) is 17.2. The number of amides is 1.